The zero-order chi connectivity index (χ0) is 13.1. The highest BCUT2D eigenvalue weighted by molar-refractivity contribution is 5.49. The van der Waals surface area contributed by atoms with Crippen LogP contribution in [0.15, 0.2) is 30.3 Å². The molecular weight excluding hydrogens is 234 g/mol. The topological polar surface area (TPSA) is 37.8 Å². The maximum atomic E-state index is 4.74. The summed E-state index contributed by atoms with van der Waals surface area (Å²) >= 11 is 0. The van der Waals surface area contributed by atoms with Crippen molar-refractivity contribution in [3.63, 3.8) is 0 Å². The summed E-state index contributed by atoms with van der Waals surface area (Å²) in [4.78, 5) is 9.45. The molecule has 1 aliphatic rings. The van der Waals surface area contributed by atoms with Gasteiger partial charge in [-0.15, -0.1) is 0 Å². The van der Waals surface area contributed by atoms with Crippen LogP contribution in [0.3, 0.4) is 0 Å². The van der Waals surface area contributed by atoms with Gasteiger partial charge in [-0.25, -0.2) is 9.97 Å². The van der Waals surface area contributed by atoms with Crippen molar-refractivity contribution in [2.75, 3.05) is 11.9 Å². The van der Waals surface area contributed by atoms with E-state index in [1.807, 2.05) is 6.07 Å². The van der Waals surface area contributed by atoms with E-state index in [4.69, 9.17) is 9.97 Å². The average Bonchev–Trinajstić information content (AvgIpc) is 2.89. The van der Waals surface area contributed by atoms with Gasteiger partial charge in [-0.1, -0.05) is 30.3 Å². The molecule has 0 radical (unpaired) electrons. The predicted molar refractivity (Wildman–Crippen MR) is 77.5 cm³/mol. The zero-order valence-corrected chi connectivity index (χ0v) is 11.3. The molecule has 0 saturated heterocycles. The van der Waals surface area contributed by atoms with Gasteiger partial charge in [0.05, 0.1) is 0 Å². The van der Waals surface area contributed by atoms with Gasteiger partial charge >= 0.3 is 0 Å². The number of benzene rings is 1. The van der Waals surface area contributed by atoms with Crippen LogP contribution in [0, 0.1) is 0 Å². The third-order valence-corrected chi connectivity index (χ3v) is 3.53. The van der Waals surface area contributed by atoms with E-state index in [2.05, 4.69) is 36.5 Å². The van der Waals surface area contributed by atoms with Crippen LogP contribution in [-0.4, -0.2) is 16.5 Å². The minimum atomic E-state index is 0.812. The van der Waals surface area contributed by atoms with Crippen LogP contribution in [0.25, 0.3) is 0 Å². The summed E-state index contributed by atoms with van der Waals surface area (Å²) in [5.41, 5.74) is 3.85. The molecule has 1 heterocycles. The first-order valence-corrected chi connectivity index (χ1v) is 7.03. The lowest BCUT2D eigenvalue weighted by Crippen LogP contribution is -2.08. The van der Waals surface area contributed by atoms with Gasteiger partial charge in [-0.05, 0) is 31.7 Å². The molecule has 3 heteroatoms. The lowest BCUT2D eigenvalue weighted by molar-refractivity contribution is 0.885. The van der Waals surface area contributed by atoms with Crippen molar-refractivity contribution in [1.29, 1.82) is 0 Å². The third-order valence-electron chi connectivity index (χ3n) is 3.53. The van der Waals surface area contributed by atoms with Gasteiger partial charge in [0.1, 0.15) is 11.6 Å². The van der Waals surface area contributed by atoms with E-state index in [9.17, 15) is 0 Å². The number of nitrogens with zero attached hydrogens (tertiary/aromatic N) is 2. The van der Waals surface area contributed by atoms with Crippen molar-refractivity contribution in [3.05, 3.63) is 53.0 Å². The Morgan fingerprint density at radius 2 is 1.95 bits per heavy atom. The summed E-state index contributed by atoms with van der Waals surface area (Å²) in [6.45, 7) is 3.02. The zero-order valence-electron chi connectivity index (χ0n) is 11.3. The lowest BCUT2D eigenvalue weighted by Gasteiger charge is -2.11. The van der Waals surface area contributed by atoms with Gasteiger partial charge in [0.2, 0.25) is 0 Å². The number of hydrogen-bond acceptors (Lipinski definition) is 3. The molecule has 2 aromatic rings. The van der Waals surface area contributed by atoms with Crippen molar-refractivity contribution < 1.29 is 0 Å². The summed E-state index contributed by atoms with van der Waals surface area (Å²) in [5, 5.41) is 3.38. The highest BCUT2D eigenvalue weighted by Crippen LogP contribution is 2.26. The van der Waals surface area contributed by atoms with Gasteiger partial charge in [-0.3, -0.25) is 0 Å². The van der Waals surface area contributed by atoms with E-state index >= 15 is 0 Å². The number of rotatable bonds is 4. The van der Waals surface area contributed by atoms with Gasteiger partial charge in [-0.2, -0.15) is 0 Å². The molecule has 0 fully saturated rings. The first-order chi connectivity index (χ1) is 9.36. The number of aromatic nitrogens is 2. The fourth-order valence-electron chi connectivity index (χ4n) is 2.65. The molecule has 1 aliphatic carbocycles. The first kappa shape index (κ1) is 12.2. The van der Waals surface area contributed by atoms with Gasteiger partial charge in [0, 0.05) is 24.2 Å². The Hall–Kier alpha value is -1.90. The van der Waals surface area contributed by atoms with Crippen molar-refractivity contribution in [1.82, 2.24) is 9.97 Å². The number of fused-ring (bicyclic) bond motifs is 1. The van der Waals surface area contributed by atoms with Crippen LogP contribution < -0.4 is 5.32 Å². The Labute approximate surface area is 114 Å². The van der Waals surface area contributed by atoms with E-state index in [0.29, 0.717) is 0 Å². The molecule has 0 saturated carbocycles. The van der Waals surface area contributed by atoms with Crippen molar-refractivity contribution in [2.24, 2.45) is 0 Å². The molecule has 0 atom stereocenters. The van der Waals surface area contributed by atoms with Crippen LogP contribution in [-0.2, 0) is 19.3 Å². The molecule has 1 N–H and O–H groups in total. The lowest BCUT2D eigenvalue weighted by atomic mass is 10.1. The fourth-order valence-corrected chi connectivity index (χ4v) is 2.65. The molecule has 0 amide bonds. The third kappa shape index (κ3) is 2.60. The minimum Gasteiger partial charge on any atom is -0.370 e. The summed E-state index contributed by atoms with van der Waals surface area (Å²) in [6, 6.07) is 10.4. The SMILES string of the molecule is CCNc1nc(Cc2ccccc2)nc2c1CCC2. The summed E-state index contributed by atoms with van der Waals surface area (Å²) in [5.74, 6) is 1.98. The fraction of sp³-hybridized carbons (Fsp3) is 0.375. The molecule has 1 aromatic carbocycles. The van der Waals surface area contributed by atoms with Crippen molar-refractivity contribution in [2.45, 2.75) is 32.6 Å². The maximum Gasteiger partial charge on any atom is 0.135 e. The van der Waals surface area contributed by atoms with Crippen LogP contribution in [0.1, 0.15) is 36.0 Å². The number of anilines is 1. The monoisotopic (exact) mass is 253 g/mol. The normalized spacial score (nSPS) is 13.3. The molecular formula is C16H19N3. The molecule has 3 rings (SSSR count). The van der Waals surface area contributed by atoms with Gasteiger partial charge < -0.3 is 5.32 Å². The summed E-state index contributed by atoms with van der Waals surface area (Å²) in [6.07, 6.45) is 4.23. The average molecular weight is 253 g/mol. The molecule has 3 nitrogen and oxygen atoms in total. The summed E-state index contributed by atoms with van der Waals surface area (Å²) < 4.78 is 0. The molecule has 0 unspecified atom stereocenters. The van der Waals surface area contributed by atoms with E-state index < -0.39 is 0 Å². The molecule has 0 bridgehead atoms. The Kier molecular flexibility index (Phi) is 3.45. The summed E-state index contributed by atoms with van der Waals surface area (Å²) in [7, 11) is 0. The molecule has 98 valence electrons. The van der Waals surface area contributed by atoms with E-state index in [-0.39, 0.29) is 0 Å². The maximum absolute atomic E-state index is 4.74. The van der Waals surface area contributed by atoms with E-state index in [0.717, 1.165) is 37.4 Å². The largest absolute Gasteiger partial charge is 0.370 e. The number of aryl methyl sites for hydroxylation is 1. The standard InChI is InChI=1S/C16H19N3/c1-2-17-16-13-9-6-10-14(13)18-15(19-16)11-12-7-4-3-5-8-12/h3-5,7-8H,2,6,9-11H2,1H3,(H,17,18,19). The minimum absolute atomic E-state index is 0.812. The van der Waals surface area contributed by atoms with Crippen molar-refractivity contribution >= 4 is 5.82 Å². The predicted octanol–water partition coefficient (Wildman–Crippen LogP) is 2.99. The number of hydrogen-bond donors (Lipinski definition) is 1. The Balaban J connectivity index is 1.92. The van der Waals surface area contributed by atoms with E-state index in [1.165, 1.54) is 23.2 Å². The van der Waals surface area contributed by atoms with Gasteiger partial charge in [0.15, 0.2) is 0 Å². The van der Waals surface area contributed by atoms with Crippen LogP contribution in [0.2, 0.25) is 0 Å². The molecule has 19 heavy (non-hydrogen) atoms. The van der Waals surface area contributed by atoms with E-state index in [1.54, 1.807) is 0 Å². The second-order valence-corrected chi connectivity index (χ2v) is 4.96. The molecule has 0 spiro atoms. The number of nitrogens with one attached hydrogen (secondary N) is 1. The van der Waals surface area contributed by atoms with Crippen LogP contribution in [0.5, 0.6) is 0 Å². The second-order valence-electron chi connectivity index (χ2n) is 4.96. The van der Waals surface area contributed by atoms with Crippen LogP contribution >= 0.6 is 0 Å². The quantitative estimate of drug-likeness (QED) is 0.910. The highest BCUT2D eigenvalue weighted by Gasteiger charge is 2.18. The highest BCUT2D eigenvalue weighted by atomic mass is 15.0. The molecule has 0 aliphatic heterocycles. The van der Waals surface area contributed by atoms with Crippen molar-refractivity contribution in [3.8, 4) is 0 Å². The first-order valence-electron chi connectivity index (χ1n) is 7.03. The molecule has 1 aromatic heterocycles. The van der Waals surface area contributed by atoms with Crippen LogP contribution in [0.4, 0.5) is 5.82 Å². The Bertz CT molecular complexity index is 564. The Morgan fingerprint density at radius 1 is 1.11 bits per heavy atom. The second kappa shape index (κ2) is 5.39. The Morgan fingerprint density at radius 3 is 2.74 bits per heavy atom. The smallest absolute Gasteiger partial charge is 0.135 e. The van der Waals surface area contributed by atoms with Gasteiger partial charge in [0.25, 0.3) is 0 Å².